The van der Waals surface area contributed by atoms with Gasteiger partial charge in [0.1, 0.15) is 5.76 Å². The number of furan rings is 1. The summed E-state index contributed by atoms with van der Waals surface area (Å²) < 4.78 is 5.53. The minimum absolute atomic E-state index is 0.00993. The highest BCUT2D eigenvalue weighted by Crippen LogP contribution is 2.24. The van der Waals surface area contributed by atoms with Gasteiger partial charge in [-0.1, -0.05) is 23.7 Å². The number of likely N-dealkylation sites (tertiary alicyclic amines) is 1. The van der Waals surface area contributed by atoms with Crippen molar-refractivity contribution in [2.45, 2.75) is 18.9 Å². The van der Waals surface area contributed by atoms with Crippen LogP contribution in [0.25, 0.3) is 0 Å². The van der Waals surface area contributed by atoms with Crippen molar-refractivity contribution in [1.29, 1.82) is 0 Å². The molecular weight excluding hydrogens is 354 g/mol. The Labute approximate surface area is 157 Å². The predicted octanol–water partition coefficient (Wildman–Crippen LogP) is 2.62. The third kappa shape index (κ3) is 4.65. The Morgan fingerprint density at radius 3 is 2.58 bits per heavy atom. The summed E-state index contributed by atoms with van der Waals surface area (Å²) in [4.78, 5) is 26.6. The van der Waals surface area contributed by atoms with E-state index in [0.29, 0.717) is 17.1 Å². The van der Waals surface area contributed by atoms with Crippen molar-refractivity contribution in [2.24, 2.45) is 0 Å². The van der Waals surface area contributed by atoms with E-state index in [1.807, 2.05) is 12.1 Å². The summed E-state index contributed by atoms with van der Waals surface area (Å²) in [7, 11) is 0. The van der Waals surface area contributed by atoms with Crippen molar-refractivity contribution in [2.75, 3.05) is 26.2 Å². The van der Waals surface area contributed by atoms with Gasteiger partial charge in [-0.25, -0.2) is 0 Å². The maximum Gasteiger partial charge on any atom is 0.253 e. The number of amides is 2. The van der Waals surface area contributed by atoms with Gasteiger partial charge >= 0.3 is 0 Å². The van der Waals surface area contributed by atoms with Crippen molar-refractivity contribution in [3.8, 4) is 0 Å². The first kappa shape index (κ1) is 18.5. The van der Waals surface area contributed by atoms with Gasteiger partial charge < -0.3 is 15.1 Å². The number of carbonyl (C=O) groups excluding carboxylic acids is 2. The van der Waals surface area contributed by atoms with Gasteiger partial charge in [-0.05, 0) is 50.2 Å². The van der Waals surface area contributed by atoms with E-state index >= 15 is 0 Å². The van der Waals surface area contributed by atoms with Gasteiger partial charge in [0.15, 0.2) is 0 Å². The lowest BCUT2D eigenvalue weighted by atomic mass is 10.2. The van der Waals surface area contributed by atoms with E-state index in [0.717, 1.165) is 31.7 Å². The number of nitrogens with zero attached hydrogens (tertiary/aromatic N) is 1. The molecule has 7 heteroatoms. The molecule has 0 radical (unpaired) electrons. The molecule has 0 aliphatic carbocycles. The fraction of sp³-hybridized carbons (Fsp3) is 0.368. The molecule has 1 aromatic heterocycles. The molecule has 2 heterocycles. The summed E-state index contributed by atoms with van der Waals surface area (Å²) in [5.41, 5.74) is 0.354. The Kier molecular flexibility index (Phi) is 6.30. The lowest BCUT2D eigenvalue weighted by Crippen LogP contribution is -2.41. The van der Waals surface area contributed by atoms with Crippen LogP contribution in [0.3, 0.4) is 0 Å². The summed E-state index contributed by atoms with van der Waals surface area (Å²) in [5, 5.41) is 5.83. The van der Waals surface area contributed by atoms with E-state index < -0.39 is 0 Å². The molecule has 1 aromatic carbocycles. The van der Waals surface area contributed by atoms with Crippen LogP contribution in [-0.4, -0.2) is 42.9 Å². The van der Waals surface area contributed by atoms with Crippen molar-refractivity contribution in [3.63, 3.8) is 0 Å². The van der Waals surface area contributed by atoms with E-state index in [-0.39, 0.29) is 24.4 Å². The van der Waals surface area contributed by atoms with Crippen LogP contribution < -0.4 is 10.6 Å². The van der Waals surface area contributed by atoms with E-state index in [4.69, 9.17) is 16.0 Å². The van der Waals surface area contributed by atoms with Gasteiger partial charge in [-0.3, -0.25) is 14.5 Å². The quantitative estimate of drug-likeness (QED) is 0.780. The summed E-state index contributed by atoms with van der Waals surface area (Å²) in [6.07, 6.45) is 3.95. The van der Waals surface area contributed by atoms with Gasteiger partial charge in [0, 0.05) is 6.54 Å². The molecule has 1 atom stereocenters. The summed E-state index contributed by atoms with van der Waals surface area (Å²) in [5.74, 6) is 0.223. The zero-order chi connectivity index (χ0) is 18.4. The molecule has 3 rings (SSSR count). The maximum absolute atomic E-state index is 12.1. The highest BCUT2D eigenvalue weighted by atomic mass is 35.5. The Hall–Kier alpha value is -2.31. The van der Waals surface area contributed by atoms with Crippen LogP contribution in [0.15, 0.2) is 47.1 Å². The molecule has 0 bridgehead atoms. The molecule has 2 N–H and O–H groups in total. The van der Waals surface area contributed by atoms with Gasteiger partial charge in [0.05, 0.1) is 29.4 Å². The Balaban J connectivity index is 1.51. The first-order valence-corrected chi connectivity index (χ1v) is 9.10. The molecular formula is C19H22ClN3O3. The average Bonchev–Trinajstić information content (AvgIpc) is 3.35. The number of halogens is 1. The van der Waals surface area contributed by atoms with E-state index in [9.17, 15) is 9.59 Å². The van der Waals surface area contributed by atoms with Crippen LogP contribution in [0.1, 0.15) is 35.0 Å². The molecule has 0 saturated carbocycles. The van der Waals surface area contributed by atoms with E-state index in [2.05, 4.69) is 15.5 Å². The lowest BCUT2D eigenvalue weighted by molar-refractivity contribution is -0.120. The normalized spacial score (nSPS) is 15.6. The van der Waals surface area contributed by atoms with Gasteiger partial charge in [0.25, 0.3) is 5.91 Å². The molecule has 6 nitrogen and oxygen atoms in total. The Bertz CT molecular complexity index is 742. The average molecular weight is 376 g/mol. The second kappa shape index (κ2) is 8.87. The lowest BCUT2D eigenvalue weighted by Gasteiger charge is -2.26. The van der Waals surface area contributed by atoms with Crippen LogP contribution in [0.2, 0.25) is 5.02 Å². The Morgan fingerprint density at radius 2 is 1.88 bits per heavy atom. The van der Waals surface area contributed by atoms with Crippen LogP contribution in [0, 0.1) is 0 Å². The van der Waals surface area contributed by atoms with Crippen molar-refractivity contribution in [1.82, 2.24) is 15.5 Å². The molecule has 1 aliphatic heterocycles. The number of nitrogens with one attached hydrogen (secondary N) is 2. The SMILES string of the molecule is O=C(CNC(=O)c1ccccc1Cl)NCC(c1ccco1)N1CCCC1. The number of rotatable bonds is 7. The van der Waals surface area contributed by atoms with Gasteiger partial charge in [-0.15, -0.1) is 0 Å². The minimum Gasteiger partial charge on any atom is -0.468 e. The summed E-state index contributed by atoms with van der Waals surface area (Å²) in [6, 6.07) is 10.5. The van der Waals surface area contributed by atoms with Crippen LogP contribution in [0.5, 0.6) is 0 Å². The minimum atomic E-state index is -0.368. The fourth-order valence-electron chi connectivity index (χ4n) is 3.12. The zero-order valence-corrected chi connectivity index (χ0v) is 15.2. The van der Waals surface area contributed by atoms with Crippen LogP contribution in [0.4, 0.5) is 0 Å². The third-order valence-electron chi connectivity index (χ3n) is 4.47. The predicted molar refractivity (Wildman–Crippen MR) is 99.1 cm³/mol. The van der Waals surface area contributed by atoms with Crippen molar-refractivity contribution >= 4 is 23.4 Å². The molecule has 0 spiro atoms. The van der Waals surface area contributed by atoms with Gasteiger partial charge in [-0.2, -0.15) is 0 Å². The molecule has 1 unspecified atom stereocenters. The third-order valence-corrected chi connectivity index (χ3v) is 4.80. The monoisotopic (exact) mass is 375 g/mol. The van der Waals surface area contributed by atoms with Crippen molar-refractivity contribution in [3.05, 3.63) is 59.0 Å². The number of carbonyl (C=O) groups is 2. The maximum atomic E-state index is 12.1. The van der Waals surface area contributed by atoms with E-state index in [1.54, 1.807) is 30.5 Å². The molecule has 1 saturated heterocycles. The second-order valence-electron chi connectivity index (χ2n) is 6.24. The first-order chi connectivity index (χ1) is 12.6. The van der Waals surface area contributed by atoms with Gasteiger partial charge in [0.2, 0.25) is 5.91 Å². The summed E-state index contributed by atoms with van der Waals surface area (Å²) >= 11 is 5.99. The smallest absolute Gasteiger partial charge is 0.253 e. The molecule has 2 amide bonds. The first-order valence-electron chi connectivity index (χ1n) is 8.72. The second-order valence-corrected chi connectivity index (χ2v) is 6.65. The van der Waals surface area contributed by atoms with E-state index in [1.165, 1.54) is 0 Å². The fourth-order valence-corrected chi connectivity index (χ4v) is 3.34. The number of benzene rings is 1. The molecule has 2 aromatic rings. The number of hydrogen-bond donors (Lipinski definition) is 2. The molecule has 138 valence electrons. The zero-order valence-electron chi connectivity index (χ0n) is 14.4. The molecule has 26 heavy (non-hydrogen) atoms. The Morgan fingerprint density at radius 1 is 1.12 bits per heavy atom. The van der Waals surface area contributed by atoms with Crippen molar-refractivity contribution < 1.29 is 14.0 Å². The largest absolute Gasteiger partial charge is 0.468 e. The number of hydrogen-bond acceptors (Lipinski definition) is 4. The highest BCUT2D eigenvalue weighted by Gasteiger charge is 2.25. The highest BCUT2D eigenvalue weighted by molar-refractivity contribution is 6.33. The molecule has 1 fully saturated rings. The van der Waals surface area contributed by atoms with Crippen LogP contribution in [-0.2, 0) is 4.79 Å². The summed E-state index contributed by atoms with van der Waals surface area (Å²) in [6.45, 7) is 2.32. The van der Waals surface area contributed by atoms with Crippen LogP contribution >= 0.6 is 11.6 Å². The standard InChI is InChI=1S/C19H22ClN3O3/c20-15-7-2-1-6-14(15)19(25)22-13-18(24)21-12-16(17-8-5-11-26-17)23-9-3-4-10-23/h1-2,5-8,11,16H,3-4,9-10,12-13H2,(H,21,24)(H,22,25). The molecule has 1 aliphatic rings. The topological polar surface area (TPSA) is 74.6 Å².